The van der Waals surface area contributed by atoms with Crippen LogP contribution in [0.3, 0.4) is 0 Å². The van der Waals surface area contributed by atoms with Crippen LogP contribution in [0.1, 0.15) is 13.3 Å². The Labute approximate surface area is 119 Å². The molecule has 0 bridgehead atoms. The molecule has 0 unspecified atom stereocenters. The second-order valence-corrected chi connectivity index (χ2v) is 6.67. The van der Waals surface area contributed by atoms with E-state index in [1.54, 1.807) is 0 Å². The van der Waals surface area contributed by atoms with E-state index in [0.29, 0.717) is 19.6 Å². The minimum atomic E-state index is -3.55. The van der Waals surface area contributed by atoms with Crippen LogP contribution in [-0.4, -0.2) is 61.3 Å². The SMILES string of the molecule is CCCN(CCN(C)C)S(=O)(=O)c1cnc(Cl)nc1. The summed E-state index contributed by atoms with van der Waals surface area (Å²) in [7, 11) is 0.257. The van der Waals surface area contributed by atoms with Crippen LogP contribution in [-0.2, 0) is 10.0 Å². The fraction of sp³-hybridized carbons (Fsp3) is 0.636. The smallest absolute Gasteiger partial charge is 0.246 e. The zero-order valence-corrected chi connectivity index (χ0v) is 12.9. The lowest BCUT2D eigenvalue weighted by Gasteiger charge is -2.23. The Kier molecular flexibility index (Phi) is 6.12. The van der Waals surface area contributed by atoms with Gasteiger partial charge in [-0.15, -0.1) is 0 Å². The van der Waals surface area contributed by atoms with E-state index >= 15 is 0 Å². The standard InChI is InChI=1S/C11H19ClN4O2S/c1-4-5-16(7-6-15(2)3)19(17,18)10-8-13-11(12)14-9-10/h8-9H,4-7H2,1-3H3. The molecule has 0 N–H and O–H groups in total. The van der Waals surface area contributed by atoms with Gasteiger partial charge in [-0.2, -0.15) is 4.31 Å². The van der Waals surface area contributed by atoms with Crippen molar-refractivity contribution in [1.82, 2.24) is 19.2 Å². The molecular weight excluding hydrogens is 288 g/mol. The molecule has 0 aliphatic heterocycles. The topological polar surface area (TPSA) is 66.4 Å². The number of hydrogen-bond acceptors (Lipinski definition) is 5. The first-order valence-electron chi connectivity index (χ1n) is 6.00. The van der Waals surface area contributed by atoms with Gasteiger partial charge in [0.15, 0.2) is 0 Å². The third kappa shape index (κ3) is 4.68. The fourth-order valence-corrected chi connectivity index (χ4v) is 3.01. The molecular formula is C11H19ClN4O2S. The maximum absolute atomic E-state index is 12.4. The second-order valence-electron chi connectivity index (χ2n) is 4.40. The van der Waals surface area contributed by atoms with Gasteiger partial charge in [0, 0.05) is 19.6 Å². The number of sulfonamides is 1. The zero-order valence-electron chi connectivity index (χ0n) is 11.4. The van der Waals surface area contributed by atoms with Crippen molar-refractivity contribution in [3.05, 3.63) is 17.7 Å². The minimum absolute atomic E-state index is 0.0364. The lowest BCUT2D eigenvalue weighted by Crippen LogP contribution is -2.37. The minimum Gasteiger partial charge on any atom is -0.308 e. The Bertz CT molecular complexity index is 490. The van der Waals surface area contributed by atoms with Crippen molar-refractivity contribution in [2.45, 2.75) is 18.2 Å². The van der Waals surface area contributed by atoms with Gasteiger partial charge in [-0.05, 0) is 32.1 Å². The molecule has 0 saturated heterocycles. The van der Waals surface area contributed by atoms with Crippen LogP contribution in [0.5, 0.6) is 0 Å². The number of likely N-dealkylation sites (N-methyl/N-ethyl adjacent to an activating group) is 1. The zero-order chi connectivity index (χ0) is 14.5. The molecule has 8 heteroatoms. The molecule has 1 aromatic heterocycles. The fourth-order valence-electron chi connectivity index (χ4n) is 1.50. The summed E-state index contributed by atoms with van der Waals surface area (Å²) in [4.78, 5) is 9.46. The van der Waals surface area contributed by atoms with E-state index in [1.165, 1.54) is 16.7 Å². The molecule has 0 fully saturated rings. The third-order valence-electron chi connectivity index (χ3n) is 2.50. The van der Waals surface area contributed by atoms with Crippen LogP contribution >= 0.6 is 11.6 Å². The molecule has 0 atom stereocenters. The first-order chi connectivity index (χ1) is 8.87. The summed E-state index contributed by atoms with van der Waals surface area (Å²) >= 11 is 5.57. The first kappa shape index (κ1) is 16.3. The molecule has 0 aliphatic rings. The van der Waals surface area contributed by atoms with Crippen LogP contribution < -0.4 is 0 Å². The highest BCUT2D eigenvalue weighted by Gasteiger charge is 2.24. The van der Waals surface area contributed by atoms with Gasteiger partial charge in [-0.25, -0.2) is 18.4 Å². The lowest BCUT2D eigenvalue weighted by atomic mass is 10.4. The van der Waals surface area contributed by atoms with Crippen LogP contribution in [0.4, 0.5) is 0 Å². The average Bonchev–Trinajstić information content (AvgIpc) is 2.34. The van der Waals surface area contributed by atoms with Gasteiger partial charge in [0.2, 0.25) is 15.3 Å². The van der Waals surface area contributed by atoms with Crippen LogP contribution in [0, 0.1) is 0 Å². The molecule has 0 spiro atoms. The van der Waals surface area contributed by atoms with Crippen molar-refractivity contribution < 1.29 is 8.42 Å². The Morgan fingerprint density at radius 3 is 2.21 bits per heavy atom. The summed E-state index contributed by atoms with van der Waals surface area (Å²) in [6.45, 7) is 3.51. The molecule has 0 saturated carbocycles. The average molecular weight is 307 g/mol. The molecule has 1 aromatic rings. The molecule has 0 amide bonds. The third-order valence-corrected chi connectivity index (χ3v) is 4.55. The van der Waals surface area contributed by atoms with E-state index in [2.05, 4.69) is 9.97 Å². The van der Waals surface area contributed by atoms with Crippen molar-refractivity contribution in [2.24, 2.45) is 0 Å². The van der Waals surface area contributed by atoms with E-state index < -0.39 is 10.0 Å². The summed E-state index contributed by atoms with van der Waals surface area (Å²) < 4.78 is 26.3. The van der Waals surface area contributed by atoms with E-state index in [9.17, 15) is 8.42 Å². The van der Waals surface area contributed by atoms with Crippen molar-refractivity contribution in [3.8, 4) is 0 Å². The monoisotopic (exact) mass is 306 g/mol. The maximum atomic E-state index is 12.4. The second kappa shape index (κ2) is 7.14. The van der Waals surface area contributed by atoms with Gasteiger partial charge < -0.3 is 4.90 Å². The normalized spacial score (nSPS) is 12.3. The Hall–Kier alpha value is -0.760. The molecule has 0 aliphatic carbocycles. The van der Waals surface area contributed by atoms with Crippen LogP contribution in [0.15, 0.2) is 17.3 Å². The van der Waals surface area contributed by atoms with Gasteiger partial charge in [0.1, 0.15) is 4.90 Å². The van der Waals surface area contributed by atoms with Gasteiger partial charge in [-0.3, -0.25) is 0 Å². The number of aromatic nitrogens is 2. The largest absolute Gasteiger partial charge is 0.308 e. The van der Waals surface area contributed by atoms with Gasteiger partial charge in [-0.1, -0.05) is 6.92 Å². The number of halogens is 1. The molecule has 108 valence electrons. The summed E-state index contributed by atoms with van der Waals surface area (Å²) in [6.07, 6.45) is 3.23. The summed E-state index contributed by atoms with van der Waals surface area (Å²) in [5.74, 6) is 0. The summed E-state index contributed by atoms with van der Waals surface area (Å²) in [6, 6.07) is 0. The van der Waals surface area contributed by atoms with Crippen molar-refractivity contribution in [3.63, 3.8) is 0 Å². The summed E-state index contributed by atoms with van der Waals surface area (Å²) in [5.41, 5.74) is 0. The highest BCUT2D eigenvalue weighted by atomic mass is 35.5. The maximum Gasteiger partial charge on any atom is 0.246 e. The Morgan fingerprint density at radius 2 is 1.74 bits per heavy atom. The molecule has 0 aromatic carbocycles. The van der Waals surface area contributed by atoms with E-state index in [1.807, 2.05) is 25.9 Å². The van der Waals surface area contributed by atoms with Gasteiger partial charge in [0.05, 0.1) is 12.4 Å². The van der Waals surface area contributed by atoms with Crippen LogP contribution in [0.25, 0.3) is 0 Å². The number of hydrogen-bond donors (Lipinski definition) is 0. The predicted octanol–water partition coefficient (Wildman–Crippen LogP) is 1.09. The van der Waals surface area contributed by atoms with E-state index in [4.69, 9.17) is 11.6 Å². The molecule has 1 rings (SSSR count). The lowest BCUT2D eigenvalue weighted by molar-refractivity contribution is 0.333. The number of rotatable bonds is 7. The molecule has 6 nitrogen and oxygen atoms in total. The quantitative estimate of drug-likeness (QED) is 0.706. The number of nitrogens with zero attached hydrogens (tertiary/aromatic N) is 4. The molecule has 1 heterocycles. The van der Waals surface area contributed by atoms with Crippen molar-refractivity contribution in [2.75, 3.05) is 33.7 Å². The van der Waals surface area contributed by atoms with Crippen LogP contribution in [0.2, 0.25) is 5.28 Å². The first-order valence-corrected chi connectivity index (χ1v) is 7.82. The van der Waals surface area contributed by atoms with E-state index in [0.717, 1.165) is 6.42 Å². The molecule has 19 heavy (non-hydrogen) atoms. The van der Waals surface area contributed by atoms with E-state index in [-0.39, 0.29) is 10.2 Å². The highest BCUT2D eigenvalue weighted by Crippen LogP contribution is 2.15. The predicted molar refractivity (Wildman–Crippen MR) is 74.6 cm³/mol. The Morgan fingerprint density at radius 1 is 1.16 bits per heavy atom. The van der Waals surface area contributed by atoms with Crippen molar-refractivity contribution >= 4 is 21.6 Å². The molecule has 0 radical (unpaired) electrons. The van der Waals surface area contributed by atoms with Crippen molar-refractivity contribution in [1.29, 1.82) is 0 Å². The van der Waals surface area contributed by atoms with Gasteiger partial charge >= 0.3 is 0 Å². The Balaban J connectivity index is 2.95. The highest BCUT2D eigenvalue weighted by molar-refractivity contribution is 7.89. The van der Waals surface area contributed by atoms with Gasteiger partial charge in [0.25, 0.3) is 0 Å². The summed E-state index contributed by atoms with van der Waals surface area (Å²) in [5, 5.41) is 0.0364.